The first-order valence-electron chi connectivity index (χ1n) is 9.80. The third-order valence-electron chi connectivity index (χ3n) is 5.43. The van der Waals surface area contributed by atoms with Crippen molar-refractivity contribution in [2.75, 3.05) is 7.11 Å². The van der Waals surface area contributed by atoms with E-state index in [0.717, 1.165) is 16.9 Å². The van der Waals surface area contributed by atoms with Gasteiger partial charge in [-0.05, 0) is 41.7 Å². The fourth-order valence-corrected chi connectivity index (χ4v) is 3.78. The van der Waals surface area contributed by atoms with E-state index in [1.54, 1.807) is 19.2 Å². The number of rotatable bonds is 5. The SMILES string of the molecule is COc1ccc(CNC(=O)c2cc3c([nH]c2=O)C[C@H](c2ccccc2)CC3=O)cc1. The fraction of sp³-hybridized carbons (Fsp3) is 0.208. The lowest BCUT2D eigenvalue weighted by Crippen LogP contribution is -2.32. The molecule has 4 rings (SSSR count). The molecule has 1 heterocycles. The second-order valence-corrected chi connectivity index (χ2v) is 7.37. The largest absolute Gasteiger partial charge is 0.497 e. The van der Waals surface area contributed by atoms with Crippen LogP contribution in [0.5, 0.6) is 5.75 Å². The number of ketones is 1. The molecule has 0 unspecified atom stereocenters. The van der Waals surface area contributed by atoms with Gasteiger partial charge in [0.05, 0.1) is 7.11 Å². The summed E-state index contributed by atoms with van der Waals surface area (Å²) in [4.78, 5) is 40.6. The van der Waals surface area contributed by atoms with Gasteiger partial charge < -0.3 is 15.0 Å². The van der Waals surface area contributed by atoms with Gasteiger partial charge in [0.25, 0.3) is 11.5 Å². The average Bonchev–Trinajstić information content (AvgIpc) is 2.78. The zero-order chi connectivity index (χ0) is 21.1. The van der Waals surface area contributed by atoms with Crippen LogP contribution in [0, 0.1) is 0 Å². The van der Waals surface area contributed by atoms with E-state index < -0.39 is 11.5 Å². The Morgan fingerprint density at radius 1 is 1.07 bits per heavy atom. The number of amides is 1. The molecule has 0 saturated heterocycles. The summed E-state index contributed by atoms with van der Waals surface area (Å²) in [5.41, 5.74) is 2.43. The lowest BCUT2D eigenvalue weighted by molar-refractivity contribution is 0.0949. The summed E-state index contributed by atoms with van der Waals surface area (Å²) in [6.07, 6.45) is 0.921. The van der Waals surface area contributed by atoms with Gasteiger partial charge in [0.1, 0.15) is 11.3 Å². The molecule has 0 saturated carbocycles. The molecule has 1 atom stereocenters. The van der Waals surface area contributed by atoms with Crippen LogP contribution < -0.4 is 15.6 Å². The Kier molecular flexibility index (Phi) is 5.48. The Bertz CT molecular complexity index is 1130. The number of pyridine rings is 1. The van der Waals surface area contributed by atoms with Gasteiger partial charge in [0.2, 0.25) is 0 Å². The molecule has 2 N–H and O–H groups in total. The number of H-pyrrole nitrogens is 1. The minimum Gasteiger partial charge on any atom is -0.497 e. The van der Waals surface area contributed by atoms with E-state index in [0.29, 0.717) is 24.1 Å². The molecule has 2 aromatic carbocycles. The van der Waals surface area contributed by atoms with Crippen LogP contribution in [0.4, 0.5) is 0 Å². The number of nitrogens with one attached hydrogen (secondary N) is 2. The molecular formula is C24H22N2O4. The van der Waals surface area contributed by atoms with Crippen LogP contribution in [-0.2, 0) is 13.0 Å². The molecule has 1 aromatic heterocycles. The van der Waals surface area contributed by atoms with Crippen molar-refractivity contribution in [2.45, 2.75) is 25.3 Å². The van der Waals surface area contributed by atoms with Crippen LogP contribution in [0.3, 0.4) is 0 Å². The standard InChI is InChI=1S/C24H22N2O4/c1-30-18-9-7-15(8-10-18)14-25-23(28)20-13-19-21(26-24(20)29)11-17(12-22(19)27)16-5-3-2-4-6-16/h2-10,13,17H,11-12,14H2,1H3,(H,25,28)(H,26,29)/t17-/m0/s1. The van der Waals surface area contributed by atoms with Crippen molar-refractivity contribution in [1.82, 2.24) is 10.3 Å². The minimum atomic E-state index is -0.507. The maximum absolute atomic E-state index is 12.7. The molecule has 0 radical (unpaired) electrons. The first-order valence-corrected chi connectivity index (χ1v) is 9.80. The van der Waals surface area contributed by atoms with Crippen molar-refractivity contribution in [2.24, 2.45) is 0 Å². The third-order valence-corrected chi connectivity index (χ3v) is 5.43. The highest BCUT2D eigenvalue weighted by Crippen LogP contribution is 2.31. The summed E-state index contributed by atoms with van der Waals surface area (Å²) in [7, 11) is 1.59. The quantitative estimate of drug-likeness (QED) is 0.686. The van der Waals surface area contributed by atoms with Crippen molar-refractivity contribution in [1.29, 1.82) is 0 Å². The Labute approximate surface area is 173 Å². The minimum absolute atomic E-state index is 0.0246. The third kappa shape index (κ3) is 4.03. The summed E-state index contributed by atoms with van der Waals surface area (Å²) >= 11 is 0. The summed E-state index contributed by atoms with van der Waals surface area (Å²) in [6, 6.07) is 18.5. The average molecular weight is 402 g/mol. The number of hydrogen-bond donors (Lipinski definition) is 2. The number of carbonyl (C=O) groups excluding carboxylic acids is 2. The highest BCUT2D eigenvalue weighted by atomic mass is 16.5. The number of aromatic nitrogens is 1. The number of methoxy groups -OCH3 is 1. The molecule has 1 aliphatic carbocycles. The highest BCUT2D eigenvalue weighted by Gasteiger charge is 2.28. The van der Waals surface area contributed by atoms with E-state index in [1.165, 1.54) is 6.07 Å². The number of Topliss-reactive ketones (excluding diaryl/α,β-unsaturated/α-hetero) is 1. The number of hydrogen-bond acceptors (Lipinski definition) is 4. The Hall–Kier alpha value is -3.67. The number of carbonyl (C=O) groups is 2. The predicted octanol–water partition coefficient (Wildman–Crippen LogP) is 3.23. The number of benzene rings is 2. The van der Waals surface area contributed by atoms with E-state index in [-0.39, 0.29) is 23.8 Å². The maximum Gasteiger partial charge on any atom is 0.261 e. The fourth-order valence-electron chi connectivity index (χ4n) is 3.78. The van der Waals surface area contributed by atoms with E-state index in [2.05, 4.69) is 10.3 Å². The predicted molar refractivity (Wildman–Crippen MR) is 113 cm³/mol. The van der Waals surface area contributed by atoms with Crippen LogP contribution in [0.1, 0.15) is 49.9 Å². The van der Waals surface area contributed by atoms with Gasteiger partial charge in [0, 0.05) is 24.2 Å². The summed E-state index contributed by atoms with van der Waals surface area (Å²) < 4.78 is 5.11. The molecule has 0 fully saturated rings. The summed E-state index contributed by atoms with van der Waals surface area (Å²) in [5.74, 6) is 0.179. The normalized spacial score (nSPS) is 15.4. The van der Waals surface area contributed by atoms with E-state index >= 15 is 0 Å². The van der Waals surface area contributed by atoms with Crippen molar-refractivity contribution in [3.8, 4) is 5.75 Å². The van der Waals surface area contributed by atoms with Crippen molar-refractivity contribution in [3.63, 3.8) is 0 Å². The molecule has 3 aromatic rings. The molecular weight excluding hydrogens is 380 g/mol. The van der Waals surface area contributed by atoms with Gasteiger partial charge in [-0.2, -0.15) is 0 Å². The number of aromatic amines is 1. The smallest absolute Gasteiger partial charge is 0.261 e. The van der Waals surface area contributed by atoms with Crippen LogP contribution in [-0.4, -0.2) is 23.8 Å². The summed E-state index contributed by atoms with van der Waals surface area (Å²) in [6.45, 7) is 0.267. The molecule has 30 heavy (non-hydrogen) atoms. The zero-order valence-electron chi connectivity index (χ0n) is 16.6. The van der Waals surface area contributed by atoms with Crippen molar-refractivity contribution >= 4 is 11.7 Å². The molecule has 152 valence electrons. The van der Waals surface area contributed by atoms with Gasteiger partial charge in [-0.25, -0.2) is 0 Å². The van der Waals surface area contributed by atoms with Crippen LogP contribution in [0.15, 0.2) is 65.5 Å². The van der Waals surface area contributed by atoms with E-state index in [9.17, 15) is 14.4 Å². The Balaban J connectivity index is 1.52. The lowest BCUT2D eigenvalue weighted by Gasteiger charge is -2.24. The number of fused-ring (bicyclic) bond motifs is 1. The van der Waals surface area contributed by atoms with Gasteiger partial charge in [-0.3, -0.25) is 14.4 Å². The topological polar surface area (TPSA) is 88.3 Å². The highest BCUT2D eigenvalue weighted by molar-refractivity contribution is 6.02. The molecule has 6 heteroatoms. The van der Waals surface area contributed by atoms with Crippen molar-refractivity contribution < 1.29 is 14.3 Å². The lowest BCUT2D eigenvalue weighted by atomic mass is 9.81. The van der Waals surface area contributed by atoms with Gasteiger partial charge in [0.15, 0.2) is 5.78 Å². The van der Waals surface area contributed by atoms with Gasteiger partial charge >= 0.3 is 0 Å². The van der Waals surface area contributed by atoms with Crippen LogP contribution in [0.25, 0.3) is 0 Å². The van der Waals surface area contributed by atoms with Crippen LogP contribution in [0.2, 0.25) is 0 Å². The van der Waals surface area contributed by atoms with Crippen molar-refractivity contribution in [3.05, 3.63) is 99.0 Å². The van der Waals surface area contributed by atoms with Gasteiger partial charge in [-0.1, -0.05) is 42.5 Å². The Morgan fingerprint density at radius 3 is 2.50 bits per heavy atom. The second-order valence-electron chi connectivity index (χ2n) is 7.37. The van der Waals surface area contributed by atoms with Crippen LogP contribution >= 0.6 is 0 Å². The second kappa shape index (κ2) is 8.37. The molecule has 0 bridgehead atoms. The van der Waals surface area contributed by atoms with E-state index in [4.69, 9.17) is 4.74 Å². The number of ether oxygens (including phenoxy) is 1. The van der Waals surface area contributed by atoms with E-state index in [1.807, 2.05) is 42.5 Å². The first-order chi connectivity index (χ1) is 14.5. The maximum atomic E-state index is 12.7. The molecule has 6 nitrogen and oxygen atoms in total. The molecule has 0 aliphatic heterocycles. The van der Waals surface area contributed by atoms with Gasteiger partial charge in [-0.15, -0.1) is 0 Å². The molecule has 0 spiro atoms. The Morgan fingerprint density at radius 2 is 1.80 bits per heavy atom. The molecule has 1 amide bonds. The monoisotopic (exact) mass is 402 g/mol. The zero-order valence-corrected chi connectivity index (χ0v) is 16.6. The molecule has 1 aliphatic rings. The summed E-state index contributed by atoms with van der Waals surface area (Å²) in [5, 5.41) is 2.74. The first kappa shape index (κ1) is 19.6.